The summed E-state index contributed by atoms with van der Waals surface area (Å²) in [6, 6.07) is 65.5. The molecule has 0 radical (unpaired) electrons. The molecule has 1 aliphatic rings. The molecule has 8 aromatic carbocycles. The first kappa shape index (κ1) is 31.4. The molecule has 0 aliphatic heterocycles. The van der Waals surface area contributed by atoms with Crippen LogP contribution in [-0.4, -0.2) is 4.57 Å². The van der Waals surface area contributed by atoms with Gasteiger partial charge in [0.15, 0.2) is 0 Å². The maximum absolute atomic E-state index is 6.23. The Morgan fingerprint density at radius 3 is 2.02 bits per heavy atom. The summed E-state index contributed by atoms with van der Waals surface area (Å²) < 4.78 is 8.66. The summed E-state index contributed by atoms with van der Waals surface area (Å²) >= 11 is 0. The van der Waals surface area contributed by atoms with Crippen LogP contribution in [0.3, 0.4) is 0 Å². The number of fused-ring (bicyclic) bond motifs is 8. The quantitative estimate of drug-likeness (QED) is 0.172. The average Bonchev–Trinajstić information content (AvgIpc) is 3.81. The van der Waals surface area contributed by atoms with Crippen molar-refractivity contribution in [2.24, 2.45) is 0 Å². The van der Waals surface area contributed by atoms with Gasteiger partial charge in [-0.15, -0.1) is 0 Å². The van der Waals surface area contributed by atoms with Gasteiger partial charge in [-0.1, -0.05) is 140 Å². The van der Waals surface area contributed by atoms with Crippen molar-refractivity contribution in [3.05, 3.63) is 211 Å². The van der Waals surface area contributed by atoms with Crippen LogP contribution >= 0.6 is 0 Å². The number of aromatic nitrogens is 1. The van der Waals surface area contributed by atoms with Gasteiger partial charge in [-0.3, -0.25) is 0 Å². The second-order valence-corrected chi connectivity index (χ2v) is 14.5. The van der Waals surface area contributed by atoms with Crippen molar-refractivity contribution in [1.82, 2.24) is 4.57 Å². The molecule has 55 heavy (non-hydrogen) atoms. The number of hydrogen-bond acceptors (Lipinski definition) is 2. The number of benzene rings is 8. The van der Waals surface area contributed by atoms with E-state index >= 15 is 0 Å². The third-order valence-electron chi connectivity index (χ3n) is 11.3. The second-order valence-electron chi connectivity index (χ2n) is 14.5. The molecule has 11 rings (SSSR count). The van der Waals surface area contributed by atoms with Gasteiger partial charge in [-0.2, -0.15) is 0 Å². The van der Waals surface area contributed by atoms with Crippen molar-refractivity contribution in [2.75, 3.05) is 4.90 Å². The molecule has 2 aromatic heterocycles. The van der Waals surface area contributed by atoms with Gasteiger partial charge < -0.3 is 13.9 Å². The molecule has 0 saturated heterocycles. The molecule has 0 N–H and O–H groups in total. The summed E-state index contributed by atoms with van der Waals surface area (Å²) in [5.74, 6) is 0.354. The van der Waals surface area contributed by atoms with Crippen LogP contribution < -0.4 is 4.90 Å². The first-order valence-electron chi connectivity index (χ1n) is 19.0. The smallest absolute Gasteiger partial charge is 0.136 e. The van der Waals surface area contributed by atoms with Gasteiger partial charge in [-0.05, 0) is 89.2 Å². The van der Waals surface area contributed by atoms with Crippen LogP contribution in [-0.2, 0) is 0 Å². The van der Waals surface area contributed by atoms with Crippen molar-refractivity contribution < 1.29 is 4.42 Å². The fourth-order valence-electron chi connectivity index (χ4n) is 8.72. The minimum Gasteiger partial charge on any atom is -0.456 e. The van der Waals surface area contributed by atoms with Gasteiger partial charge in [0.1, 0.15) is 11.2 Å². The molecule has 0 bridgehead atoms. The fourth-order valence-corrected chi connectivity index (χ4v) is 8.72. The predicted octanol–water partition coefficient (Wildman–Crippen LogP) is 14.3. The average molecular weight is 705 g/mol. The monoisotopic (exact) mass is 704 g/mol. The van der Waals surface area contributed by atoms with E-state index in [-0.39, 0.29) is 0 Å². The van der Waals surface area contributed by atoms with E-state index in [1.807, 2.05) is 12.1 Å². The van der Waals surface area contributed by atoms with Gasteiger partial charge in [0.2, 0.25) is 0 Å². The number of anilines is 2. The lowest BCUT2D eigenvalue weighted by molar-refractivity contribution is 0.669. The Morgan fingerprint density at radius 1 is 0.527 bits per heavy atom. The number of rotatable bonds is 6. The lowest BCUT2D eigenvalue weighted by Crippen LogP contribution is -2.17. The third kappa shape index (κ3) is 5.20. The number of nitrogens with zero attached hydrogens (tertiary/aromatic N) is 2. The Balaban J connectivity index is 1.02. The molecule has 260 valence electrons. The lowest BCUT2D eigenvalue weighted by atomic mass is 9.91. The van der Waals surface area contributed by atoms with E-state index in [1.54, 1.807) is 0 Å². The Bertz CT molecular complexity index is 3110. The zero-order valence-corrected chi connectivity index (χ0v) is 30.1. The maximum atomic E-state index is 6.23. The number of allylic oxidation sites excluding steroid dienone is 3. The topological polar surface area (TPSA) is 21.3 Å². The van der Waals surface area contributed by atoms with E-state index in [2.05, 4.69) is 198 Å². The first-order chi connectivity index (χ1) is 27.3. The minimum atomic E-state index is 0.354. The SMILES string of the molecule is C1=CC(c2ccccc2)CC=C1N(c1ccc(-c2cccc3oc4ccccc4c23)cc1)c1ccc(-n2c3ccccc3c3ccc4ccccc4c32)cc1. The highest BCUT2D eigenvalue weighted by molar-refractivity contribution is 6.18. The van der Waals surface area contributed by atoms with Crippen LogP contribution in [0.2, 0.25) is 0 Å². The standard InChI is InChI=1S/C52H36N2O/c1-2-11-35(12-3-1)36-21-26-39(27-22-36)53(40-28-23-38(24-29-40)43-17-10-20-50-51(43)47-16-7-9-19-49(47)55-50)41-30-32-42(33-31-41)54-48-18-8-6-15-45(48)46-34-25-37-13-4-5-14-44(37)52(46)54/h1-21,23-34,36H,22H2. The van der Waals surface area contributed by atoms with Crippen LogP contribution in [0.25, 0.3) is 71.3 Å². The van der Waals surface area contributed by atoms with Crippen LogP contribution in [0.1, 0.15) is 17.9 Å². The van der Waals surface area contributed by atoms with Crippen LogP contribution in [0.15, 0.2) is 210 Å². The maximum Gasteiger partial charge on any atom is 0.136 e. The van der Waals surface area contributed by atoms with Gasteiger partial charge in [-0.25, -0.2) is 0 Å². The Labute approximate surface area is 319 Å². The van der Waals surface area contributed by atoms with Crippen molar-refractivity contribution in [2.45, 2.75) is 12.3 Å². The molecule has 10 aromatic rings. The van der Waals surface area contributed by atoms with E-state index in [1.165, 1.54) is 49.4 Å². The van der Waals surface area contributed by atoms with Gasteiger partial charge in [0.25, 0.3) is 0 Å². The van der Waals surface area contributed by atoms with Crippen LogP contribution in [0.5, 0.6) is 0 Å². The summed E-state index contributed by atoms with van der Waals surface area (Å²) in [6.07, 6.45) is 7.97. The molecule has 0 spiro atoms. The van der Waals surface area contributed by atoms with Gasteiger partial charge in [0, 0.05) is 55.6 Å². The zero-order chi connectivity index (χ0) is 36.3. The van der Waals surface area contributed by atoms with Crippen LogP contribution in [0, 0.1) is 0 Å². The number of para-hydroxylation sites is 2. The molecule has 0 saturated carbocycles. The van der Waals surface area contributed by atoms with E-state index in [0.717, 1.165) is 51.0 Å². The third-order valence-corrected chi connectivity index (χ3v) is 11.3. The Hall–Kier alpha value is -7.10. The van der Waals surface area contributed by atoms with E-state index in [0.29, 0.717) is 5.92 Å². The Morgan fingerprint density at radius 2 is 1.22 bits per heavy atom. The van der Waals surface area contributed by atoms with E-state index in [4.69, 9.17) is 4.42 Å². The first-order valence-corrected chi connectivity index (χ1v) is 19.0. The predicted molar refractivity (Wildman–Crippen MR) is 231 cm³/mol. The molecule has 3 nitrogen and oxygen atoms in total. The molecular weight excluding hydrogens is 669 g/mol. The van der Waals surface area contributed by atoms with Crippen molar-refractivity contribution in [1.29, 1.82) is 0 Å². The fraction of sp³-hybridized carbons (Fsp3) is 0.0385. The van der Waals surface area contributed by atoms with Crippen LogP contribution in [0.4, 0.5) is 11.4 Å². The molecule has 2 heterocycles. The zero-order valence-electron chi connectivity index (χ0n) is 30.1. The lowest BCUT2D eigenvalue weighted by Gasteiger charge is -2.29. The summed E-state index contributed by atoms with van der Waals surface area (Å²) in [7, 11) is 0. The summed E-state index contributed by atoms with van der Waals surface area (Å²) in [5, 5.41) is 7.32. The van der Waals surface area contributed by atoms with Crippen molar-refractivity contribution in [3.8, 4) is 16.8 Å². The summed E-state index contributed by atoms with van der Waals surface area (Å²) in [6.45, 7) is 0. The minimum absolute atomic E-state index is 0.354. The molecule has 0 amide bonds. The number of furan rings is 1. The molecule has 1 unspecified atom stereocenters. The molecule has 0 fully saturated rings. The van der Waals surface area contributed by atoms with Gasteiger partial charge in [0.05, 0.1) is 11.0 Å². The summed E-state index contributed by atoms with van der Waals surface area (Å²) in [5.41, 5.74) is 12.5. The highest BCUT2D eigenvalue weighted by atomic mass is 16.3. The van der Waals surface area contributed by atoms with Crippen molar-refractivity contribution in [3.63, 3.8) is 0 Å². The second kappa shape index (κ2) is 12.8. The van der Waals surface area contributed by atoms with Crippen molar-refractivity contribution >= 4 is 65.9 Å². The van der Waals surface area contributed by atoms with E-state index < -0.39 is 0 Å². The highest BCUT2D eigenvalue weighted by Crippen LogP contribution is 2.41. The molecule has 1 atom stereocenters. The molecule has 1 aliphatic carbocycles. The Kier molecular flexibility index (Phi) is 7.31. The number of hydrogen-bond donors (Lipinski definition) is 0. The normalized spacial score (nSPS) is 14.3. The molecular formula is C52H36N2O. The summed E-state index contributed by atoms with van der Waals surface area (Å²) in [4.78, 5) is 2.39. The van der Waals surface area contributed by atoms with E-state index in [9.17, 15) is 0 Å². The highest BCUT2D eigenvalue weighted by Gasteiger charge is 2.20. The van der Waals surface area contributed by atoms with Gasteiger partial charge >= 0.3 is 0 Å². The largest absolute Gasteiger partial charge is 0.456 e. The molecule has 3 heteroatoms.